The molecule has 2 atom stereocenters. The maximum atomic E-state index is 3.50. The zero-order chi connectivity index (χ0) is 10.6. The maximum Gasteiger partial charge on any atom is 0.0415 e. The van der Waals surface area contributed by atoms with E-state index in [1.54, 1.807) is 0 Å². The number of halogens is 1. The lowest BCUT2D eigenvalue weighted by molar-refractivity contribution is 0.426. The fourth-order valence-corrected chi connectivity index (χ4v) is 3.02. The molecule has 0 aliphatic heterocycles. The summed E-state index contributed by atoms with van der Waals surface area (Å²) in [7, 11) is 2.04. The molecule has 1 aromatic rings. The van der Waals surface area contributed by atoms with Crippen LogP contribution in [0.15, 0.2) is 15.9 Å². The summed E-state index contributed by atoms with van der Waals surface area (Å²) >= 11 is 5.32. The lowest BCUT2D eigenvalue weighted by Crippen LogP contribution is -2.17. The van der Waals surface area contributed by atoms with E-state index in [0.717, 1.165) is 5.92 Å². The average molecular weight is 276 g/mol. The van der Waals surface area contributed by atoms with Crippen molar-refractivity contribution in [1.82, 2.24) is 5.32 Å². The SMILES string of the molecule is CCC(C)CC(NC)c1cc(Br)cs1. The minimum Gasteiger partial charge on any atom is -0.312 e. The first kappa shape index (κ1) is 12.2. The van der Waals surface area contributed by atoms with Crippen LogP contribution in [0.1, 0.15) is 37.6 Å². The second-order valence-corrected chi connectivity index (χ2v) is 5.62. The van der Waals surface area contributed by atoms with Crippen molar-refractivity contribution in [1.29, 1.82) is 0 Å². The molecule has 0 aromatic carbocycles. The van der Waals surface area contributed by atoms with Gasteiger partial charge in [-0.2, -0.15) is 0 Å². The fraction of sp³-hybridized carbons (Fsp3) is 0.636. The first-order valence-electron chi connectivity index (χ1n) is 5.08. The molecule has 14 heavy (non-hydrogen) atoms. The van der Waals surface area contributed by atoms with Crippen LogP contribution < -0.4 is 5.32 Å². The van der Waals surface area contributed by atoms with E-state index < -0.39 is 0 Å². The van der Waals surface area contributed by atoms with Crippen LogP contribution >= 0.6 is 27.3 Å². The highest BCUT2D eigenvalue weighted by Gasteiger charge is 2.14. The molecule has 1 N–H and O–H groups in total. The van der Waals surface area contributed by atoms with Crippen molar-refractivity contribution >= 4 is 27.3 Å². The van der Waals surface area contributed by atoms with Crippen molar-refractivity contribution in [2.24, 2.45) is 5.92 Å². The number of thiophene rings is 1. The van der Waals surface area contributed by atoms with E-state index in [2.05, 4.69) is 46.5 Å². The first-order chi connectivity index (χ1) is 6.67. The smallest absolute Gasteiger partial charge is 0.0415 e. The zero-order valence-corrected chi connectivity index (χ0v) is 11.4. The van der Waals surface area contributed by atoms with Crippen molar-refractivity contribution in [3.63, 3.8) is 0 Å². The van der Waals surface area contributed by atoms with Gasteiger partial charge in [0.1, 0.15) is 0 Å². The van der Waals surface area contributed by atoms with Crippen LogP contribution in [0.3, 0.4) is 0 Å². The van der Waals surface area contributed by atoms with Crippen LogP contribution in [0.2, 0.25) is 0 Å². The number of hydrogen-bond donors (Lipinski definition) is 1. The summed E-state index contributed by atoms with van der Waals surface area (Å²) in [4.78, 5) is 1.43. The Morgan fingerprint density at radius 3 is 2.71 bits per heavy atom. The van der Waals surface area contributed by atoms with Gasteiger partial charge in [-0.15, -0.1) is 11.3 Å². The summed E-state index contributed by atoms with van der Waals surface area (Å²) in [5.41, 5.74) is 0. The highest BCUT2D eigenvalue weighted by Crippen LogP contribution is 2.29. The lowest BCUT2D eigenvalue weighted by atomic mass is 9.98. The molecule has 0 aliphatic carbocycles. The minimum absolute atomic E-state index is 0.515. The van der Waals surface area contributed by atoms with Gasteiger partial charge >= 0.3 is 0 Å². The normalized spacial score (nSPS) is 15.4. The van der Waals surface area contributed by atoms with E-state index in [4.69, 9.17) is 0 Å². The third kappa shape index (κ3) is 3.37. The monoisotopic (exact) mass is 275 g/mol. The van der Waals surface area contributed by atoms with Gasteiger partial charge in [0.05, 0.1) is 0 Å². The number of nitrogens with one attached hydrogen (secondary N) is 1. The van der Waals surface area contributed by atoms with Gasteiger partial charge in [0, 0.05) is 20.8 Å². The Kier molecular flexibility index (Phi) is 5.13. The highest BCUT2D eigenvalue weighted by molar-refractivity contribution is 9.10. The minimum atomic E-state index is 0.515. The van der Waals surface area contributed by atoms with Crippen molar-refractivity contribution in [2.75, 3.05) is 7.05 Å². The van der Waals surface area contributed by atoms with Gasteiger partial charge in [0.2, 0.25) is 0 Å². The van der Waals surface area contributed by atoms with Crippen LogP contribution in [0.5, 0.6) is 0 Å². The van der Waals surface area contributed by atoms with Gasteiger partial charge < -0.3 is 5.32 Å². The van der Waals surface area contributed by atoms with Gasteiger partial charge in [-0.05, 0) is 41.4 Å². The van der Waals surface area contributed by atoms with Crippen LogP contribution in [0, 0.1) is 5.92 Å². The molecule has 1 aromatic heterocycles. The third-order valence-electron chi connectivity index (χ3n) is 2.61. The van der Waals surface area contributed by atoms with Gasteiger partial charge in [-0.3, -0.25) is 0 Å². The quantitative estimate of drug-likeness (QED) is 0.849. The van der Waals surface area contributed by atoms with E-state index >= 15 is 0 Å². The molecule has 1 nitrogen and oxygen atoms in total. The summed E-state index contributed by atoms with van der Waals surface area (Å²) in [6, 6.07) is 2.73. The molecule has 3 heteroatoms. The second kappa shape index (κ2) is 5.89. The predicted molar refractivity (Wildman–Crippen MR) is 67.9 cm³/mol. The van der Waals surface area contributed by atoms with Gasteiger partial charge in [-0.25, -0.2) is 0 Å². The van der Waals surface area contributed by atoms with E-state index in [-0.39, 0.29) is 0 Å². The van der Waals surface area contributed by atoms with Crippen LogP contribution in [0.4, 0.5) is 0 Å². The molecular weight excluding hydrogens is 258 g/mol. The molecule has 1 heterocycles. The van der Waals surface area contributed by atoms with Gasteiger partial charge in [0.15, 0.2) is 0 Å². The third-order valence-corrected chi connectivity index (χ3v) is 4.42. The Morgan fingerprint density at radius 2 is 2.29 bits per heavy atom. The average Bonchev–Trinajstić information content (AvgIpc) is 2.60. The standard InChI is InChI=1S/C11H18BrNS/c1-4-8(2)5-10(13-3)11-6-9(12)7-14-11/h6-8,10,13H,4-5H2,1-3H3. The van der Waals surface area contributed by atoms with E-state index in [1.165, 1.54) is 22.2 Å². The van der Waals surface area contributed by atoms with Crippen molar-refractivity contribution in [2.45, 2.75) is 32.7 Å². The van der Waals surface area contributed by atoms with Crippen LogP contribution in [-0.2, 0) is 0 Å². The van der Waals surface area contributed by atoms with Crippen LogP contribution in [-0.4, -0.2) is 7.05 Å². The van der Waals surface area contributed by atoms with Gasteiger partial charge in [0.25, 0.3) is 0 Å². The Labute approximate surface area is 99.0 Å². The molecule has 0 saturated carbocycles. The summed E-state index contributed by atoms with van der Waals surface area (Å²) in [5, 5.41) is 5.54. The molecule has 2 unspecified atom stereocenters. The summed E-state index contributed by atoms with van der Waals surface area (Å²) in [6.45, 7) is 4.56. The Balaban J connectivity index is 2.62. The van der Waals surface area contributed by atoms with E-state index in [9.17, 15) is 0 Å². The molecule has 0 radical (unpaired) electrons. The maximum absolute atomic E-state index is 3.50. The Hall–Kier alpha value is 0.140. The molecule has 0 amide bonds. The first-order valence-corrected chi connectivity index (χ1v) is 6.75. The molecule has 0 bridgehead atoms. The zero-order valence-electron chi connectivity index (χ0n) is 9.01. The Bertz CT molecular complexity index is 272. The van der Waals surface area contributed by atoms with Crippen molar-refractivity contribution in [3.05, 3.63) is 20.8 Å². The molecule has 1 rings (SSSR count). The fourth-order valence-electron chi connectivity index (χ4n) is 1.46. The molecule has 0 spiro atoms. The number of hydrogen-bond acceptors (Lipinski definition) is 2. The van der Waals surface area contributed by atoms with Gasteiger partial charge in [-0.1, -0.05) is 20.3 Å². The second-order valence-electron chi connectivity index (χ2n) is 3.76. The predicted octanol–water partition coefficient (Wildman–Crippen LogP) is 4.21. The van der Waals surface area contributed by atoms with Crippen molar-refractivity contribution < 1.29 is 0 Å². The molecule has 80 valence electrons. The summed E-state index contributed by atoms with van der Waals surface area (Å²) in [6.07, 6.45) is 2.48. The van der Waals surface area contributed by atoms with Crippen molar-refractivity contribution in [3.8, 4) is 0 Å². The van der Waals surface area contributed by atoms with E-state index in [1.807, 2.05) is 18.4 Å². The summed E-state index contributed by atoms with van der Waals surface area (Å²) in [5.74, 6) is 0.785. The largest absolute Gasteiger partial charge is 0.312 e. The van der Waals surface area contributed by atoms with E-state index in [0.29, 0.717) is 6.04 Å². The molecule has 0 fully saturated rings. The molecule has 0 saturated heterocycles. The molecular formula is C11H18BrNS. The Morgan fingerprint density at radius 1 is 1.57 bits per heavy atom. The lowest BCUT2D eigenvalue weighted by Gasteiger charge is -2.18. The molecule has 0 aliphatic rings. The topological polar surface area (TPSA) is 12.0 Å². The summed E-state index contributed by atoms with van der Waals surface area (Å²) < 4.78 is 1.20. The van der Waals surface area contributed by atoms with Crippen LogP contribution in [0.25, 0.3) is 0 Å². The number of rotatable bonds is 5. The highest BCUT2D eigenvalue weighted by atomic mass is 79.9.